The molecule has 1 aliphatic heterocycles. The second-order valence-corrected chi connectivity index (χ2v) is 6.85. The number of hydrogen-bond donors (Lipinski definition) is 1. The van der Waals surface area contributed by atoms with E-state index in [4.69, 9.17) is 9.97 Å². The van der Waals surface area contributed by atoms with Crippen molar-refractivity contribution in [3.05, 3.63) is 41.1 Å². The van der Waals surface area contributed by atoms with Gasteiger partial charge in [-0.2, -0.15) is 11.3 Å². The predicted molar refractivity (Wildman–Crippen MR) is 90.3 cm³/mol. The summed E-state index contributed by atoms with van der Waals surface area (Å²) in [6, 6.07) is 10.1. The number of nitrogens with zero attached hydrogens (tertiary/aromatic N) is 3. The summed E-state index contributed by atoms with van der Waals surface area (Å²) < 4.78 is 0. The minimum Gasteiger partial charge on any atom is -0.388 e. The molecule has 1 fully saturated rings. The van der Waals surface area contributed by atoms with Crippen LogP contribution in [0.15, 0.2) is 41.1 Å². The lowest BCUT2D eigenvalue weighted by Gasteiger charge is -2.21. The Morgan fingerprint density at radius 3 is 2.82 bits per heavy atom. The first-order chi connectivity index (χ1) is 10.6. The van der Waals surface area contributed by atoms with Crippen LogP contribution in [0, 0.1) is 0 Å². The van der Waals surface area contributed by atoms with Gasteiger partial charge in [0.1, 0.15) is 5.82 Å². The molecule has 5 heteroatoms. The Morgan fingerprint density at radius 1 is 1.23 bits per heavy atom. The molecular formula is C17H17N3OS. The highest BCUT2D eigenvalue weighted by molar-refractivity contribution is 7.08. The molecule has 0 aliphatic carbocycles. The summed E-state index contributed by atoms with van der Waals surface area (Å²) in [6.07, 6.45) is 0.763. The molecule has 1 aliphatic rings. The van der Waals surface area contributed by atoms with E-state index in [1.165, 1.54) is 0 Å². The summed E-state index contributed by atoms with van der Waals surface area (Å²) in [5.74, 6) is 1.67. The van der Waals surface area contributed by atoms with Gasteiger partial charge in [-0.3, -0.25) is 0 Å². The maximum Gasteiger partial charge on any atom is 0.162 e. The summed E-state index contributed by atoms with van der Waals surface area (Å²) in [5.41, 5.74) is 1.34. The Hall–Kier alpha value is -1.98. The van der Waals surface area contributed by atoms with Crippen molar-refractivity contribution >= 4 is 28.1 Å². The van der Waals surface area contributed by atoms with Crippen LogP contribution in [-0.4, -0.2) is 33.8 Å². The first-order valence-corrected chi connectivity index (χ1v) is 8.33. The Morgan fingerprint density at radius 2 is 2.09 bits per heavy atom. The van der Waals surface area contributed by atoms with Crippen LogP contribution in [0.5, 0.6) is 0 Å². The van der Waals surface area contributed by atoms with Gasteiger partial charge in [-0.05, 0) is 36.9 Å². The van der Waals surface area contributed by atoms with Gasteiger partial charge in [0.05, 0.1) is 11.1 Å². The number of thiophene rings is 1. The zero-order chi connectivity index (χ0) is 15.2. The molecule has 1 aromatic carbocycles. The van der Waals surface area contributed by atoms with Crippen LogP contribution in [0.2, 0.25) is 0 Å². The van der Waals surface area contributed by atoms with E-state index in [2.05, 4.69) is 16.3 Å². The first kappa shape index (κ1) is 13.7. The molecule has 3 heterocycles. The smallest absolute Gasteiger partial charge is 0.162 e. The van der Waals surface area contributed by atoms with E-state index in [1.54, 1.807) is 11.3 Å². The molecule has 2 aromatic heterocycles. The number of fused-ring (bicyclic) bond motifs is 1. The zero-order valence-electron chi connectivity index (χ0n) is 12.4. The highest BCUT2D eigenvalue weighted by atomic mass is 32.1. The zero-order valence-corrected chi connectivity index (χ0v) is 13.2. The van der Waals surface area contributed by atoms with Gasteiger partial charge in [0, 0.05) is 29.4 Å². The number of hydrogen-bond acceptors (Lipinski definition) is 5. The van der Waals surface area contributed by atoms with E-state index >= 15 is 0 Å². The Balaban J connectivity index is 1.88. The molecule has 22 heavy (non-hydrogen) atoms. The molecule has 4 nitrogen and oxygen atoms in total. The van der Waals surface area contributed by atoms with Crippen molar-refractivity contribution in [2.45, 2.75) is 18.9 Å². The minimum absolute atomic E-state index is 0.608. The Kier molecular flexibility index (Phi) is 3.13. The fourth-order valence-corrected chi connectivity index (χ4v) is 3.58. The third-order valence-electron chi connectivity index (χ3n) is 4.11. The molecule has 1 saturated heterocycles. The molecule has 1 unspecified atom stereocenters. The largest absolute Gasteiger partial charge is 0.388 e. The molecule has 112 valence electrons. The average molecular weight is 311 g/mol. The standard InChI is InChI=1S/C17H17N3OS/c1-17(21)7-8-20(11-17)16-13-4-2-3-5-14(13)18-15(19-16)12-6-9-22-10-12/h2-6,9-10,21H,7-8,11H2,1H3. The van der Waals surface area contributed by atoms with Crippen molar-refractivity contribution in [2.75, 3.05) is 18.0 Å². The molecule has 1 atom stereocenters. The van der Waals surface area contributed by atoms with Gasteiger partial charge in [0.25, 0.3) is 0 Å². The topological polar surface area (TPSA) is 49.2 Å². The van der Waals surface area contributed by atoms with Gasteiger partial charge in [-0.25, -0.2) is 9.97 Å². The van der Waals surface area contributed by atoms with Crippen LogP contribution in [0.4, 0.5) is 5.82 Å². The van der Waals surface area contributed by atoms with Crippen LogP contribution in [0.3, 0.4) is 0 Å². The summed E-state index contributed by atoms with van der Waals surface area (Å²) in [6.45, 7) is 3.31. The highest BCUT2D eigenvalue weighted by Crippen LogP contribution is 2.32. The van der Waals surface area contributed by atoms with Gasteiger partial charge >= 0.3 is 0 Å². The van der Waals surface area contributed by atoms with Crippen molar-refractivity contribution in [1.29, 1.82) is 0 Å². The second-order valence-electron chi connectivity index (χ2n) is 6.07. The van der Waals surface area contributed by atoms with Crippen LogP contribution >= 0.6 is 11.3 Å². The number of benzene rings is 1. The second kappa shape index (κ2) is 5.04. The molecule has 0 saturated carbocycles. The lowest BCUT2D eigenvalue weighted by molar-refractivity contribution is 0.0839. The quantitative estimate of drug-likeness (QED) is 0.789. The minimum atomic E-state index is -0.644. The fraction of sp³-hybridized carbons (Fsp3) is 0.294. The van der Waals surface area contributed by atoms with E-state index in [-0.39, 0.29) is 0 Å². The SMILES string of the molecule is CC1(O)CCN(c2nc(-c3ccsc3)nc3ccccc23)C1. The maximum atomic E-state index is 10.3. The van der Waals surface area contributed by atoms with Crippen molar-refractivity contribution in [2.24, 2.45) is 0 Å². The first-order valence-electron chi connectivity index (χ1n) is 7.39. The lowest BCUT2D eigenvalue weighted by atomic mass is 10.1. The van der Waals surface area contributed by atoms with Gasteiger partial charge in [-0.1, -0.05) is 12.1 Å². The van der Waals surface area contributed by atoms with Gasteiger partial charge in [0.15, 0.2) is 5.82 Å². The molecule has 4 rings (SSSR count). The normalized spacial score (nSPS) is 21.6. The predicted octanol–water partition coefficient (Wildman–Crippen LogP) is 3.32. The van der Waals surface area contributed by atoms with Crippen LogP contribution in [-0.2, 0) is 0 Å². The van der Waals surface area contributed by atoms with E-state index in [1.807, 2.05) is 36.6 Å². The Bertz CT molecular complexity index is 814. The summed E-state index contributed by atoms with van der Waals surface area (Å²) in [7, 11) is 0. The lowest BCUT2D eigenvalue weighted by Crippen LogP contribution is -2.30. The number of rotatable bonds is 2. The number of aromatic nitrogens is 2. The Labute approximate surface area is 133 Å². The van der Waals surface area contributed by atoms with E-state index in [9.17, 15) is 5.11 Å². The summed E-state index contributed by atoms with van der Waals surface area (Å²) >= 11 is 1.64. The van der Waals surface area contributed by atoms with Crippen molar-refractivity contribution in [3.8, 4) is 11.4 Å². The number of anilines is 1. The molecule has 0 amide bonds. The van der Waals surface area contributed by atoms with Crippen molar-refractivity contribution in [1.82, 2.24) is 9.97 Å². The van der Waals surface area contributed by atoms with Crippen LogP contribution < -0.4 is 4.90 Å². The van der Waals surface area contributed by atoms with Crippen molar-refractivity contribution < 1.29 is 5.11 Å². The molecule has 0 radical (unpaired) electrons. The van der Waals surface area contributed by atoms with Gasteiger partial charge in [0.2, 0.25) is 0 Å². The molecule has 0 spiro atoms. The van der Waals surface area contributed by atoms with Gasteiger partial charge < -0.3 is 10.0 Å². The third-order valence-corrected chi connectivity index (χ3v) is 4.80. The van der Waals surface area contributed by atoms with E-state index < -0.39 is 5.60 Å². The number of β-amino-alcohol motifs (C(OH)–C–C–N with tert-alkyl or cyclic N) is 1. The summed E-state index contributed by atoms with van der Waals surface area (Å²) in [5, 5.41) is 15.4. The molecular weight excluding hydrogens is 294 g/mol. The molecule has 1 N–H and O–H groups in total. The third kappa shape index (κ3) is 2.36. The molecule has 0 bridgehead atoms. The van der Waals surface area contributed by atoms with Gasteiger partial charge in [-0.15, -0.1) is 0 Å². The number of aliphatic hydroxyl groups is 1. The maximum absolute atomic E-state index is 10.3. The van der Waals surface area contributed by atoms with E-state index in [0.717, 1.165) is 41.1 Å². The van der Waals surface area contributed by atoms with Crippen LogP contribution in [0.1, 0.15) is 13.3 Å². The monoisotopic (exact) mass is 311 g/mol. The van der Waals surface area contributed by atoms with E-state index in [0.29, 0.717) is 6.54 Å². The average Bonchev–Trinajstić information content (AvgIpc) is 3.15. The highest BCUT2D eigenvalue weighted by Gasteiger charge is 2.33. The van der Waals surface area contributed by atoms with Crippen molar-refractivity contribution in [3.63, 3.8) is 0 Å². The molecule has 3 aromatic rings. The fourth-order valence-electron chi connectivity index (χ4n) is 2.95. The summed E-state index contributed by atoms with van der Waals surface area (Å²) in [4.78, 5) is 11.7. The number of para-hydroxylation sites is 1. The van der Waals surface area contributed by atoms with Crippen LogP contribution in [0.25, 0.3) is 22.3 Å².